The van der Waals surface area contributed by atoms with Crippen LogP contribution in [-0.2, 0) is 15.9 Å². The molecule has 0 aliphatic rings. The number of nitrogens with zero attached hydrogens (tertiary/aromatic N) is 4. The minimum atomic E-state index is 0.540. The molecule has 0 amide bonds. The van der Waals surface area contributed by atoms with Gasteiger partial charge in [0.15, 0.2) is 0 Å². The van der Waals surface area contributed by atoms with Crippen molar-refractivity contribution < 1.29 is 9.47 Å². The Balaban J connectivity index is 2.65. The number of hydrogen-bond donors (Lipinski definition) is 2. The van der Waals surface area contributed by atoms with Crippen molar-refractivity contribution in [2.75, 3.05) is 62.8 Å². The van der Waals surface area contributed by atoms with E-state index in [1.165, 1.54) is 44.9 Å². The van der Waals surface area contributed by atoms with Gasteiger partial charge in [0.1, 0.15) is 5.82 Å². The summed E-state index contributed by atoms with van der Waals surface area (Å²) in [6, 6.07) is 0. The van der Waals surface area contributed by atoms with Crippen molar-refractivity contribution >= 4 is 11.9 Å². The normalized spacial score (nSPS) is 11.2. The summed E-state index contributed by atoms with van der Waals surface area (Å²) in [5.74, 6) is 2.37. The van der Waals surface area contributed by atoms with E-state index in [0.29, 0.717) is 45.5 Å². The van der Waals surface area contributed by atoms with Gasteiger partial charge in [0.05, 0.1) is 26.4 Å². The molecule has 1 heterocycles. The van der Waals surface area contributed by atoms with Crippen molar-refractivity contribution in [3.8, 4) is 0 Å². The highest BCUT2D eigenvalue weighted by molar-refractivity contribution is 5.37. The van der Waals surface area contributed by atoms with Crippen molar-refractivity contribution in [1.82, 2.24) is 15.0 Å². The van der Waals surface area contributed by atoms with E-state index in [0.717, 1.165) is 63.4 Å². The highest BCUT2D eigenvalue weighted by Crippen LogP contribution is 2.16. The molecule has 0 radical (unpaired) electrons. The van der Waals surface area contributed by atoms with Gasteiger partial charge >= 0.3 is 0 Å². The molecule has 0 fully saturated rings. The predicted molar refractivity (Wildman–Crippen MR) is 147 cm³/mol. The molecule has 0 atom stereocenters. The number of nitrogens with two attached hydrogens (primary N) is 1. The highest BCUT2D eigenvalue weighted by atomic mass is 16.5. The van der Waals surface area contributed by atoms with Crippen LogP contribution in [0.25, 0.3) is 0 Å². The molecule has 204 valence electrons. The number of aromatic nitrogens is 3. The molecule has 8 heteroatoms. The van der Waals surface area contributed by atoms with Gasteiger partial charge in [-0.1, -0.05) is 78.6 Å². The van der Waals surface area contributed by atoms with Gasteiger partial charge in [-0.15, -0.1) is 0 Å². The lowest BCUT2D eigenvalue weighted by Crippen LogP contribution is -2.28. The average Bonchev–Trinajstić information content (AvgIpc) is 2.87. The van der Waals surface area contributed by atoms with E-state index in [1.807, 2.05) is 0 Å². The Hall–Kier alpha value is -1.51. The topological polar surface area (TPSA) is 98.4 Å². The molecule has 0 saturated heterocycles. The lowest BCUT2D eigenvalue weighted by Gasteiger charge is -2.23. The van der Waals surface area contributed by atoms with Crippen molar-refractivity contribution in [2.45, 2.75) is 104 Å². The van der Waals surface area contributed by atoms with Crippen LogP contribution in [0.2, 0.25) is 0 Å². The number of anilines is 2. The van der Waals surface area contributed by atoms with Crippen LogP contribution < -0.4 is 16.0 Å². The summed E-state index contributed by atoms with van der Waals surface area (Å²) in [7, 11) is 0. The van der Waals surface area contributed by atoms with Crippen LogP contribution in [-0.4, -0.2) is 67.6 Å². The summed E-state index contributed by atoms with van der Waals surface area (Å²) >= 11 is 0. The van der Waals surface area contributed by atoms with Crippen molar-refractivity contribution in [3.05, 3.63) is 5.82 Å². The zero-order chi connectivity index (χ0) is 25.4. The fourth-order valence-electron chi connectivity index (χ4n) is 3.81. The summed E-state index contributed by atoms with van der Waals surface area (Å²) in [6.07, 6.45) is 15.9. The smallest absolute Gasteiger partial charge is 0.230 e. The van der Waals surface area contributed by atoms with Crippen LogP contribution in [0, 0.1) is 0 Å². The molecule has 0 bridgehead atoms. The first-order chi connectivity index (χ1) is 17.2. The largest absolute Gasteiger partial charge is 0.378 e. The molecule has 35 heavy (non-hydrogen) atoms. The van der Waals surface area contributed by atoms with E-state index in [9.17, 15) is 0 Å². The molecule has 0 spiro atoms. The van der Waals surface area contributed by atoms with Gasteiger partial charge in [-0.05, 0) is 19.3 Å². The molecule has 1 aromatic heterocycles. The van der Waals surface area contributed by atoms with Gasteiger partial charge in [-0.2, -0.15) is 15.0 Å². The van der Waals surface area contributed by atoms with Gasteiger partial charge in [0, 0.05) is 32.6 Å². The van der Waals surface area contributed by atoms with E-state index in [2.05, 4.69) is 31.0 Å². The minimum absolute atomic E-state index is 0.540. The number of hydrogen-bond acceptors (Lipinski definition) is 8. The van der Waals surface area contributed by atoms with Crippen LogP contribution in [0.3, 0.4) is 0 Å². The molecular formula is C27H54N6O2. The lowest BCUT2D eigenvalue weighted by molar-refractivity contribution is 0.0547. The van der Waals surface area contributed by atoms with Crippen LogP contribution >= 0.6 is 0 Å². The summed E-state index contributed by atoms with van der Waals surface area (Å²) in [5.41, 5.74) is 5.42. The zero-order valence-electron chi connectivity index (χ0n) is 23.0. The standard InChI is InChI=1S/C27H54N6O2/c1-4-7-10-11-12-13-14-15-16-25-30-26(29-18-22-35-24-23-34-21-17-28)32-27(31-25)33(19-8-5-2)20-9-6-3/h4-24,28H2,1-3H3,(H,29,30,31,32). The molecule has 0 aliphatic heterocycles. The third-order valence-electron chi connectivity index (χ3n) is 5.93. The van der Waals surface area contributed by atoms with Crippen molar-refractivity contribution in [3.63, 3.8) is 0 Å². The Morgan fingerprint density at radius 3 is 1.91 bits per heavy atom. The molecule has 1 aromatic rings. The molecule has 0 aromatic carbocycles. The molecule has 0 saturated carbocycles. The number of nitrogens with one attached hydrogen (secondary N) is 1. The molecule has 3 N–H and O–H groups in total. The van der Waals surface area contributed by atoms with Crippen molar-refractivity contribution in [1.29, 1.82) is 0 Å². The Bertz CT molecular complexity index is 559. The second-order valence-corrected chi connectivity index (χ2v) is 9.23. The third-order valence-corrected chi connectivity index (χ3v) is 5.93. The second kappa shape index (κ2) is 22.9. The molecular weight excluding hydrogens is 440 g/mol. The Morgan fingerprint density at radius 2 is 1.29 bits per heavy atom. The van der Waals surface area contributed by atoms with Crippen molar-refractivity contribution in [2.24, 2.45) is 5.73 Å². The molecule has 1 rings (SSSR count). The lowest BCUT2D eigenvalue weighted by atomic mass is 10.1. The first kappa shape index (κ1) is 31.5. The second-order valence-electron chi connectivity index (χ2n) is 9.23. The maximum atomic E-state index is 5.63. The van der Waals surface area contributed by atoms with Crippen LogP contribution in [0.1, 0.15) is 104 Å². The van der Waals surface area contributed by atoms with Gasteiger partial charge in [-0.25, -0.2) is 0 Å². The Labute approximate surface area is 215 Å². The first-order valence-electron chi connectivity index (χ1n) is 14.3. The first-order valence-corrected chi connectivity index (χ1v) is 14.3. The Kier molecular flexibility index (Phi) is 20.6. The average molecular weight is 495 g/mol. The van der Waals surface area contributed by atoms with Crippen LogP contribution in [0.4, 0.5) is 11.9 Å². The SMILES string of the molecule is CCCCCCCCCCc1nc(NCCOCCOCCN)nc(N(CCCC)CCCC)n1. The van der Waals surface area contributed by atoms with E-state index < -0.39 is 0 Å². The van der Waals surface area contributed by atoms with Crippen LogP contribution in [0.5, 0.6) is 0 Å². The fourth-order valence-corrected chi connectivity index (χ4v) is 3.81. The number of rotatable bonds is 25. The summed E-state index contributed by atoms with van der Waals surface area (Å²) in [6.45, 7) is 12.2. The fraction of sp³-hybridized carbons (Fsp3) is 0.889. The van der Waals surface area contributed by atoms with E-state index in [1.54, 1.807) is 0 Å². The van der Waals surface area contributed by atoms with Gasteiger partial charge in [0.25, 0.3) is 0 Å². The number of aryl methyl sites for hydroxylation is 1. The van der Waals surface area contributed by atoms with E-state index in [4.69, 9.17) is 30.2 Å². The summed E-state index contributed by atoms with van der Waals surface area (Å²) < 4.78 is 11.0. The number of ether oxygens (including phenoxy) is 2. The maximum absolute atomic E-state index is 5.63. The molecule has 8 nitrogen and oxygen atoms in total. The monoisotopic (exact) mass is 494 g/mol. The third kappa shape index (κ3) is 16.7. The summed E-state index contributed by atoms with van der Waals surface area (Å²) in [4.78, 5) is 16.7. The van der Waals surface area contributed by atoms with Gasteiger partial charge in [-0.3, -0.25) is 0 Å². The van der Waals surface area contributed by atoms with Crippen LogP contribution in [0.15, 0.2) is 0 Å². The van der Waals surface area contributed by atoms with Gasteiger partial charge in [0.2, 0.25) is 11.9 Å². The van der Waals surface area contributed by atoms with E-state index in [-0.39, 0.29) is 0 Å². The predicted octanol–water partition coefficient (Wildman–Crippen LogP) is 5.37. The van der Waals surface area contributed by atoms with Gasteiger partial charge < -0.3 is 25.4 Å². The van der Waals surface area contributed by atoms with E-state index >= 15 is 0 Å². The summed E-state index contributed by atoms with van der Waals surface area (Å²) in [5, 5.41) is 3.35. The minimum Gasteiger partial charge on any atom is -0.378 e. The highest BCUT2D eigenvalue weighted by Gasteiger charge is 2.13. The Morgan fingerprint density at radius 1 is 0.686 bits per heavy atom. The molecule has 0 unspecified atom stereocenters. The zero-order valence-corrected chi connectivity index (χ0v) is 23.0. The number of unbranched alkanes of at least 4 members (excludes halogenated alkanes) is 9. The maximum Gasteiger partial charge on any atom is 0.230 e. The molecule has 0 aliphatic carbocycles. The quantitative estimate of drug-likeness (QED) is 0.175.